The van der Waals surface area contributed by atoms with Gasteiger partial charge >= 0.3 is 0 Å². The van der Waals surface area contributed by atoms with Crippen LogP contribution < -0.4 is 4.74 Å². The number of halogens is 2. The second-order valence-corrected chi connectivity index (χ2v) is 8.98. The van der Waals surface area contributed by atoms with E-state index in [4.69, 9.17) is 4.74 Å². The van der Waals surface area contributed by atoms with Crippen molar-refractivity contribution in [3.8, 4) is 28.7 Å². The summed E-state index contributed by atoms with van der Waals surface area (Å²) in [5.41, 5.74) is 4.41. The zero-order valence-corrected chi connectivity index (χ0v) is 21.0. The summed E-state index contributed by atoms with van der Waals surface area (Å²) in [6.07, 6.45) is 10.4. The first-order valence-electron chi connectivity index (χ1n) is 12.9. The number of aryl methyl sites for hydroxylation is 1. The highest BCUT2D eigenvalue weighted by atomic mass is 19.2. The lowest BCUT2D eigenvalue weighted by Crippen LogP contribution is -2.01. The van der Waals surface area contributed by atoms with Crippen molar-refractivity contribution in [1.82, 2.24) is 0 Å². The molecule has 3 aromatic rings. The molecule has 0 aromatic heterocycles. The lowest BCUT2D eigenvalue weighted by atomic mass is 10.00. The lowest BCUT2D eigenvalue weighted by Gasteiger charge is -2.08. The molecule has 0 spiro atoms. The van der Waals surface area contributed by atoms with Gasteiger partial charge in [0, 0.05) is 5.56 Å². The number of rotatable bonds is 12. The van der Waals surface area contributed by atoms with Gasteiger partial charge in [-0.3, -0.25) is 0 Å². The van der Waals surface area contributed by atoms with E-state index in [0.29, 0.717) is 6.61 Å². The van der Waals surface area contributed by atoms with Crippen LogP contribution in [0.25, 0.3) is 11.1 Å². The lowest BCUT2D eigenvalue weighted by molar-refractivity contribution is 0.286. The summed E-state index contributed by atoms with van der Waals surface area (Å²) in [7, 11) is 0. The van der Waals surface area contributed by atoms with E-state index in [1.165, 1.54) is 49.8 Å². The first kappa shape index (κ1) is 26.5. The van der Waals surface area contributed by atoms with Crippen molar-refractivity contribution < 1.29 is 13.5 Å². The molecule has 0 bridgehead atoms. The molecule has 3 rings (SSSR count). The molecule has 0 saturated heterocycles. The van der Waals surface area contributed by atoms with E-state index in [1.54, 1.807) is 0 Å². The summed E-state index contributed by atoms with van der Waals surface area (Å²) < 4.78 is 34.1. The topological polar surface area (TPSA) is 9.23 Å². The highest BCUT2D eigenvalue weighted by molar-refractivity contribution is 5.64. The van der Waals surface area contributed by atoms with Gasteiger partial charge in [0.05, 0.1) is 12.2 Å². The minimum atomic E-state index is -0.979. The largest absolute Gasteiger partial charge is 0.490 e. The Morgan fingerprint density at radius 1 is 0.629 bits per heavy atom. The summed E-state index contributed by atoms with van der Waals surface area (Å²) in [5.74, 6) is 3.69. The minimum absolute atomic E-state index is 0.0257. The highest BCUT2D eigenvalue weighted by Crippen LogP contribution is 2.24. The minimum Gasteiger partial charge on any atom is -0.490 e. The highest BCUT2D eigenvalue weighted by Gasteiger charge is 2.13. The Morgan fingerprint density at radius 3 is 1.94 bits per heavy atom. The Balaban J connectivity index is 1.59. The Kier molecular flexibility index (Phi) is 10.8. The third-order valence-electron chi connectivity index (χ3n) is 6.14. The van der Waals surface area contributed by atoms with Crippen molar-refractivity contribution in [3.05, 3.63) is 89.0 Å². The predicted molar refractivity (Wildman–Crippen MR) is 142 cm³/mol. The van der Waals surface area contributed by atoms with E-state index in [1.807, 2.05) is 24.3 Å². The van der Waals surface area contributed by atoms with Gasteiger partial charge in [-0.1, -0.05) is 101 Å². The number of hydrogen-bond acceptors (Lipinski definition) is 1. The third-order valence-corrected chi connectivity index (χ3v) is 6.14. The Morgan fingerprint density at radius 2 is 1.26 bits per heavy atom. The first-order chi connectivity index (χ1) is 17.1. The predicted octanol–water partition coefficient (Wildman–Crippen LogP) is 9.11. The van der Waals surface area contributed by atoms with Gasteiger partial charge in [-0.05, 0) is 60.2 Å². The molecule has 35 heavy (non-hydrogen) atoms. The van der Waals surface area contributed by atoms with Gasteiger partial charge in [-0.25, -0.2) is 4.39 Å². The van der Waals surface area contributed by atoms with Crippen molar-refractivity contribution in [2.24, 2.45) is 0 Å². The summed E-state index contributed by atoms with van der Waals surface area (Å²) in [6.45, 7) is 4.70. The molecule has 0 unspecified atom stereocenters. The fourth-order valence-electron chi connectivity index (χ4n) is 3.96. The van der Waals surface area contributed by atoms with Crippen LogP contribution in [0.15, 0.2) is 60.7 Å². The van der Waals surface area contributed by atoms with Crippen LogP contribution in [-0.2, 0) is 6.42 Å². The van der Waals surface area contributed by atoms with E-state index >= 15 is 0 Å². The first-order valence-corrected chi connectivity index (χ1v) is 12.9. The molecule has 0 N–H and O–H groups in total. The average molecular weight is 475 g/mol. The molecule has 0 amide bonds. The summed E-state index contributed by atoms with van der Waals surface area (Å²) >= 11 is 0. The quantitative estimate of drug-likeness (QED) is 0.188. The van der Waals surface area contributed by atoms with E-state index in [-0.39, 0.29) is 11.3 Å². The fraction of sp³-hybridized carbons (Fsp3) is 0.375. The number of unbranched alkanes of at least 4 members (excludes halogenated alkanes) is 6. The number of hydrogen-bond donors (Lipinski definition) is 0. The van der Waals surface area contributed by atoms with Crippen LogP contribution >= 0.6 is 0 Å². The van der Waals surface area contributed by atoms with E-state index in [2.05, 4.69) is 50.0 Å². The molecule has 0 radical (unpaired) electrons. The molecule has 3 aromatic carbocycles. The van der Waals surface area contributed by atoms with Crippen LogP contribution in [0.4, 0.5) is 8.78 Å². The fourth-order valence-corrected chi connectivity index (χ4v) is 3.96. The van der Waals surface area contributed by atoms with Gasteiger partial charge < -0.3 is 4.74 Å². The maximum Gasteiger partial charge on any atom is 0.201 e. The SMILES string of the molecule is CCCCCCCc1ccc(-c2ccc(C#Cc3ccc(OCCCCC)c(F)c3F)cc2)cc1. The molecule has 0 heterocycles. The second-order valence-electron chi connectivity index (χ2n) is 8.98. The molecule has 0 fully saturated rings. The number of benzene rings is 3. The van der Waals surface area contributed by atoms with Crippen molar-refractivity contribution in [3.63, 3.8) is 0 Å². The Hall–Kier alpha value is -3.12. The van der Waals surface area contributed by atoms with Gasteiger partial charge in [0.2, 0.25) is 5.82 Å². The van der Waals surface area contributed by atoms with Crippen molar-refractivity contribution in [2.75, 3.05) is 6.61 Å². The average Bonchev–Trinajstić information content (AvgIpc) is 2.89. The zero-order chi connectivity index (χ0) is 24.9. The maximum absolute atomic E-state index is 14.4. The van der Waals surface area contributed by atoms with Gasteiger partial charge in [-0.15, -0.1) is 0 Å². The normalized spacial score (nSPS) is 10.6. The monoisotopic (exact) mass is 474 g/mol. The zero-order valence-electron chi connectivity index (χ0n) is 21.0. The molecule has 0 aliphatic rings. The van der Waals surface area contributed by atoms with Crippen molar-refractivity contribution in [1.29, 1.82) is 0 Å². The standard InChI is InChI=1S/C32H36F2O/c1-3-5-7-8-9-11-25-12-17-27(18-13-25)28-19-14-26(15-20-28)16-21-29-22-23-30(32(34)31(29)33)35-24-10-6-4-2/h12-15,17-20,22-23H,3-11,24H2,1-2H3. The molecular weight excluding hydrogens is 438 g/mol. The molecule has 0 saturated carbocycles. The molecule has 0 aliphatic heterocycles. The Labute approximate surface area is 209 Å². The molecular formula is C32H36F2O. The van der Waals surface area contributed by atoms with Crippen LogP contribution in [-0.4, -0.2) is 6.61 Å². The van der Waals surface area contributed by atoms with E-state index < -0.39 is 11.6 Å². The van der Waals surface area contributed by atoms with Crippen LogP contribution in [0, 0.1) is 23.5 Å². The van der Waals surface area contributed by atoms with Crippen molar-refractivity contribution >= 4 is 0 Å². The smallest absolute Gasteiger partial charge is 0.201 e. The summed E-state index contributed by atoms with van der Waals surface area (Å²) in [5, 5.41) is 0. The maximum atomic E-state index is 14.4. The van der Waals surface area contributed by atoms with E-state index in [0.717, 1.165) is 42.4 Å². The molecule has 0 aliphatic carbocycles. The second kappa shape index (κ2) is 14.3. The van der Waals surface area contributed by atoms with Crippen LogP contribution in [0.2, 0.25) is 0 Å². The molecule has 0 atom stereocenters. The van der Waals surface area contributed by atoms with Gasteiger partial charge in [0.25, 0.3) is 0 Å². The van der Waals surface area contributed by atoms with Gasteiger partial charge in [0.15, 0.2) is 11.6 Å². The van der Waals surface area contributed by atoms with Crippen LogP contribution in [0.3, 0.4) is 0 Å². The summed E-state index contributed by atoms with van der Waals surface area (Å²) in [6, 6.07) is 19.5. The van der Waals surface area contributed by atoms with E-state index in [9.17, 15) is 8.78 Å². The molecule has 184 valence electrons. The third kappa shape index (κ3) is 8.25. The van der Waals surface area contributed by atoms with Gasteiger partial charge in [0.1, 0.15) is 0 Å². The van der Waals surface area contributed by atoms with Crippen LogP contribution in [0.1, 0.15) is 81.9 Å². The molecule has 3 heteroatoms. The Bertz CT molecular complexity index is 1110. The summed E-state index contributed by atoms with van der Waals surface area (Å²) in [4.78, 5) is 0. The number of ether oxygens (including phenoxy) is 1. The van der Waals surface area contributed by atoms with Gasteiger partial charge in [-0.2, -0.15) is 4.39 Å². The molecule has 1 nitrogen and oxygen atoms in total. The van der Waals surface area contributed by atoms with Crippen molar-refractivity contribution in [2.45, 2.75) is 71.6 Å². The van der Waals surface area contributed by atoms with Crippen LogP contribution in [0.5, 0.6) is 5.75 Å².